The molecule has 0 N–H and O–H groups in total. The molecule has 1 fully saturated rings. The highest BCUT2D eigenvalue weighted by Gasteiger charge is 2.20. The van der Waals surface area contributed by atoms with E-state index in [4.69, 9.17) is 4.42 Å². The number of esters is 1. The van der Waals surface area contributed by atoms with Gasteiger partial charge in [-0.2, -0.15) is 0 Å². The Morgan fingerprint density at radius 2 is 2.00 bits per heavy atom. The molecule has 2 heterocycles. The molecule has 0 spiro atoms. The zero-order chi connectivity index (χ0) is 15.2. The highest BCUT2D eigenvalue weighted by atomic mass is 16.6. The molecule has 8 heteroatoms. The summed E-state index contributed by atoms with van der Waals surface area (Å²) in [7, 11) is 1.39. The predicted octanol–water partition coefficient (Wildman–Crippen LogP) is 0.868. The van der Waals surface area contributed by atoms with Gasteiger partial charge in [0.25, 0.3) is 0 Å². The van der Waals surface area contributed by atoms with Gasteiger partial charge in [-0.15, -0.1) is 0 Å². The minimum atomic E-state index is -0.533. The van der Waals surface area contributed by atoms with Crippen LogP contribution in [-0.2, 0) is 16.1 Å². The molecule has 0 atom stereocenters. The van der Waals surface area contributed by atoms with E-state index in [-0.39, 0.29) is 11.9 Å². The number of piperazine rings is 1. The molecule has 0 unspecified atom stereocenters. The maximum Gasteiger partial charge on any atom is 0.433 e. The minimum absolute atomic E-state index is 0.194. The van der Waals surface area contributed by atoms with Gasteiger partial charge in [-0.05, 0) is 6.07 Å². The molecule has 21 heavy (non-hydrogen) atoms. The SMILES string of the molecule is COC(=O)CCN1CCN(Cc2ccc([N+](=O)[O-])o2)CC1. The van der Waals surface area contributed by atoms with E-state index in [9.17, 15) is 14.9 Å². The van der Waals surface area contributed by atoms with Crippen molar-refractivity contribution in [1.29, 1.82) is 0 Å². The number of hydrogen-bond acceptors (Lipinski definition) is 7. The summed E-state index contributed by atoms with van der Waals surface area (Å²) in [6.07, 6.45) is 0.404. The quantitative estimate of drug-likeness (QED) is 0.437. The zero-order valence-corrected chi connectivity index (χ0v) is 12.0. The van der Waals surface area contributed by atoms with Gasteiger partial charge >= 0.3 is 11.9 Å². The van der Waals surface area contributed by atoms with Crippen LogP contribution in [0.15, 0.2) is 16.5 Å². The summed E-state index contributed by atoms with van der Waals surface area (Å²) >= 11 is 0. The Kier molecular flexibility index (Phi) is 5.29. The third kappa shape index (κ3) is 4.54. The second-order valence-corrected chi connectivity index (χ2v) is 4.94. The summed E-state index contributed by atoms with van der Waals surface area (Å²) in [5.74, 6) is 0.187. The number of hydrogen-bond donors (Lipinski definition) is 0. The number of carbonyl (C=O) groups is 1. The van der Waals surface area contributed by atoms with E-state index >= 15 is 0 Å². The predicted molar refractivity (Wildman–Crippen MR) is 73.7 cm³/mol. The van der Waals surface area contributed by atoms with Gasteiger partial charge in [0.1, 0.15) is 10.7 Å². The number of furan rings is 1. The van der Waals surface area contributed by atoms with Crippen molar-refractivity contribution in [2.75, 3.05) is 39.8 Å². The highest BCUT2D eigenvalue weighted by Crippen LogP contribution is 2.17. The van der Waals surface area contributed by atoms with Gasteiger partial charge in [0.2, 0.25) is 0 Å². The van der Waals surface area contributed by atoms with Crippen molar-refractivity contribution < 1.29 is 18.9 Å². The Balaban J connectivity index is 1.73. The monoisotopic (exact) mass is 297 g/mol. The minimum Gasteiger partial charge on any atom is -0.469 e. The second-order valence-electron chi connectivity index (χ2n) is 4.94. The summed E-state index contributed by atoms with van der Waals surface area (Å²) < 4.78 is 9.77. The van der Waals surface area contributed by atoms with E-state index in [1.807, 2.05) is 0 Å². The second kappa shape index (κ2) is 7.19. The molecule has 8 nitrogen and oxygen atoms in total. The molecule has 1 aliphatic heterocycles. The van der Waals surface area contributed by atoms with E-state index < -0.39 is 4.92 Å². The van der Waals surface area contributed by atoms with Crippen molar-refractivity contribution in [3.63, 3.8) is 0 Å². The molecule has 0 saturated carbocycles. The van der Waals surface area contributed by atoms with E-state index in [1.165, 1.54) is 13.2 Å². The molecule has 1 aromatic rings. The smallest absolute Gasteiger partial charge is 0.433 e. The van der Waals surface area contributed by atoms with Crippen molar-refractivity contribution in [2.45, 2.75) is 13.0 Å². The molecular formula is C13H19N3O5. The molecule has 1 aromatic heterocycles. The summed E-state index contributed by atoms with van der Waals surface area (Å²) in [6, 6.07) is 3.02. The van der Waals surface area contributed by atoms with Crippen LogP contribution in [0.25, 0.3) is 0 Å². The van der Waals surface area contributed by atoms with Gasteiger partial charge in [-0.25, -0.2) is 0 Å². The molecular weight excluding hydrogens is 278 g/mol. The maximum atomic E-state index is 11.1. The fourth-order valence-electron chi connectivity index (χ4n) is 2.29. The Hall–Kier alpha value is -1.93. The van der Waals surface area contributed by atoms with Crippen LogP contribution in [0.4, 0.5) is 5.88 Å². The molecule has 0 amide bonds. The lowest BCUT2D eigenvalue weighted by Crippen LogP contribution is -2.46. The van der Waals surface area contributed by atoms with Crippen molar-refractivity contribution in [3.8, 4) is 0 Å². The normalized spacial score (nSPS) is 16.8. The largest absolute Gasteiger partial charge is 0.469 e. The van der Waals surface area contributed by atoms with Gasteiger partial charge in [0.05, 0.1) is 26.1 Å². The molecule has 0 radical (unpaired) electrons. The highest BCUT2D eigenvalue weighted by molar-refractivity contribution is 5.69. The van der Waals surface area contributed by atoms with Crippen LogP contribution in [-0.4, -0.2) is 60.5 Å². The van der Waals surface area contributed by atoms with Gasteiger partial charge in [-0.1, -0.05) is 0 Å². The number of ether oxygens (including phenoxy) is 1. The summed E-state index contributed by atoms with van der Waals surface area (Å²) in [6.45, 7) is 4.68. The van der Waals surface area contributed by atoms with Crippen LogP contribution in [0.1, 0.15) is 12.2 Å². The van der Waals surface area contributed by atoms with Crippen LogP contribution in [0.2, 0.25) is 0 Å². The van der Waals surface area contributed by atoms with Crippen molar-refractivity contribution in [1.82, 2.24) is 9.80 Å². The summed E-state index contributed by atoms with van der Waals surface area (Å²) in [5.41, 5.74) is 0. The third-order valence-corrected chi connectivity index (χ3v) is 3.53. The Morgan fingerprint density at radius 1 is 1.33 bits per heavy atom. The summed E-state index contributed by atoms with van der Waals surface area (Å²) in [5, 5.41) is 10.6. The molecule has 2 rings (SSSR count). The first-order chi connectivity index (χ1) is 10.1. The standard InChI is InChI=1S/C13H19N3O5/c1-20-13(17)4-5-14-6-8-15(9-7-14)10-11-2-3-12(21-11)16(18)19/h2-3H,4-10H2,1H3. The Morgan fingerprint density at radius 3 is 2.57 bits per heavy atom. The van der Waals surface area contributed by atoms with Gasteiger partial charge in [0.15, 0.2) is 0 Å². The Bertz CT molecular complexity index is 494. The third-order valence-electron chi connectivity index (χ3n) is 3.53. The number of carbonyl (C=O) groups excluding carboxylic acids is 1. The number of nitrogens with zero attached hydrogens (tertiary/aromatic N) is 3. The number of methoxy groups -OCH3 is 1. The van der Waals surface area contributed by atoms with Gasteiger partial charge < -0.3 is 14.1 Å². The lowest BCUT2D eigenvalue weighted by molar-refractivity contribution is -0.402. The molecule has 1 aliphatic rings. The van der Waals surface area contributed by atoms with Gasteiger partial charge in [-0.3, -0.25) is 19.8 Å². The molecule has 0 aromatic carbocycles. The topological polar surface area (TPSA) is 89.1 Å². The first kappa shape index (κ1) is 15.5. The van der Waals surface area contributed by atoms with Crippen LogP contribution >= 0.6 is 0 Å². The van der Waals surface area contributed by atoms with Crippen molar-refractivity contribution in [2.24, 2.45) is 0 Å². The zero-order valence-electron chi connectivity index (χ0n) is 12.0. The number of rotatable bonds is 6. The fraction of sp³-hybridized carbons (Fsp3) is 0.615. The van der Waals surface area contributed by atoms with E-state index in [0.717, 1.165) is 26.2 Å². The maximum absolute atomic E-state index is 11.1. The van der Waals surface area contributed by atoms with E-state index in [0.29, 0.717) is 25.3 Å². The van der Waals surface area contributed by atoms with Crippen molar-refractivity contribution in [3.05, 3.63) is 28.0 Å². The molecule has 116 valence electrons. The summed E-state index contributed by atoms with van der Waals surface area (Å²) in [4.78, 5) is 25.5. The van der Waals surface area contributed by atoms with Crippen LogP contribution < -0.4 is 0 Å². The lowest BCUT2D eigenvalue weighted by atomic mass is 10.2. The fourth-order valence-corrected chi connectivity index (χ4v) is 2.29. The molecule has 0 aliphatic carbocycles. The number of nitro groups is 1. The molecule has 1 saturated heterocycles. The first-order valence-electron chi connectivity index (χ1n) is 6.83. The van der Waals surface area contributed by atoms with Crippen LogP contribution in [0.3, 0.4) is 0 Å². The average Bonchev–Trinajstić information content (AvgIpc) is 2.95. The van der Waals surface area contributed by atoms with E-state index in [1.54, 1.807) is 6.07 Å². The lowest BCUT2D eigenvalue weighted by Gasteiger charge is -2.33. The van der Waals surface area contributed by atoms with Gasteiger partial charge in [0, 0.05) is 32.7 Å². The molecule has 0 bridgehead atoms. The van der Waals surface area contributed by atoms with Crippen LogP contribution in [0, 0.1) is 10.1 Å². The van der Waals surface area contributed by atoms with E-state index in [2.05, 4.69) is 14.5 Å². The Labute approximate surface area is 122 Å². The van der Waals surface area contributed by atoms with Crippen molar-refractivity contribution >= 4 is 11.9 Å². The average molecular weight is 297 g/mol. The first-order valence-corrected chi connectivity index (χ1v) is 6.83. The van der Waals surface area contributed by atoms with Crippen LogP contribution in [0.5, 0.6) is 0 Å².